The monoisotopic (exact) mass is 492 g/mol. The number of nitrogens with zero attached hydrogens (tertiary/aromatic N) is 1. The second-order valence-electron chi connectivity index (χ2n) is 6.82. The molecule has 4 rings (SSSR count). The minimum Gasteiger partial charge on any atom is -0.454 e. The number of carbonyl (C=O) groups excluding carboxylic acids is 4. The first-order valence-electron chi connectivity index (χ1n) is 9.61. The Morgan fingerprint density at radius 2 is 1.94 bits per heavy atom. The number of carbonyl (C=O) groups is 4. The van der Waals surface area contributed by atoms with Crippen LogP contribution in [0.3, 0.4) is 0 Å². The molecule has 0 aliphatic carbocycles. The molecule has 8 nitrogen and oxygen atoms in total. The zero-order chi connectivity index (χ0) is 22.7. The molecule has 0 unspecified atom stereocenters. The normalized spacial score (nSPS) is 16.2. The van der Waals surface area contributed by atoms with Crippen LogP contribution in [-0.2, 0) is 9.59 Å². The lowest BCUT2D eigenvalue weighted by Crippen LogP contribution is -2.37. The highest BCUT2D eigenvalue weighted by atomic mass is 35.5. The van der Waals surface area contributed by atoms with Gasteiger partial charge in [-0.2, -0.15) is 0 Å². The van der Waals surface area contributed by atoms with Crippen LogP contribution in [0.25, 0.3) is 6.08 Å². The molecule has 2 aliphatic heterocycles. The Morgan fingerprint density at radius 1 is 1.12 bits per heavy atom. The minimum atomic E-state index is -0.420. The largest absolute Gasteiger partial charge is 0.454 e. The van der Waals surface area contributed by atoms with E-state index in [9.17, 15) is 19.2 Å². The van der Waals surface area contributed by atoms with Crippen LogP contribution in [-0.4, -0.2) is 47.6 Å². The SMILES string of the molecule is O=C(CCC(=O)c1ccc(Cl)s1)NCCN1C(=O)S/C(=C\c2ccc3c(c2)OCO3)C1=O. The van der Waals surface area contributed by atoms with Gasteiger partial charge in [-0.25, -0.2) is 0 Å². The van der Waals surface area contributed by atoms with Crippen molar-refractivity contribution < 1.29 is 28.7 Å². The second kappa shape index (κ2) is 9.76. The number of amides is 3. The molecule has 1 fully saturated rings. The van der Waals surface area contributed by atoms with Gasteiger partial charge in [0.2, 0.25) is 12.7 Å². The number of imide groups is 1. The molecular formula is C21H17ClN2O6S2. The zero-order valence-corrected chi connectivity index (χ0v) is 19.0. The molecule has 1 aromatic heterocycles. The molecule has 0 atom stereocenters. The smallest absolute Gasteiger partial charge is 0.293 e. The Hall–Kier alpha value is -2.82. The van der Waals surface area contributed by atoms with E-state index in [2.05, 4.69) is 5.32 Å². The molecule has 0 radical (unpaired) electrons. The van der Waals surface area contributed by atoms with Crippen molar-refractivity contribution in [1.82, 2.24) is 10.2 Å². The van der Waals surface area contributed by atoms with Gasteiger partial charge in [0.1, 0.15) is 0 Å². The van der Waals surface area contributed by atoms with E-state index >= 15 is 0 Å². The third-order valence-corrected chi connectivity index (χ3v) is 6.83. The summed E-state index contributed by atoms with van der Waals surface area (Å²) in [4.78, 5) is 50.8. The fourth-order valence-electron chi connectivity index (χ4n) is 3.06. The standard InChI is InChI=1S/C21H17ClN2O6S2/c22-18-5-4-16(31-18)13(25)2-6-19(26)23-7-8-24-20(27)17(32-21(24)28)10-12-1-3-14-15(9-12)30-11-29-14/h1,3-5,9-10H,2,6-8,11H2,(H,23,26)/b17-10-. The molecule has 11 heteroatoms. The van der Waals surface area contributed by atoms with Gasteiger partial charge >= 0.3 is 0 Å². The van der Waals surface area contributed by atoms with Gasteiger partial charge in [-0.3, -0.25) is 24.1 Å². The third kappa shape index (κ3) is 5.14. The number of thiophene rings is 1. The van der Waals surface area contributed by atoms with Crippen molar-refractivity contribution in [3.8, 4) is 11.5 Å². The Labute approximate surface area is 196 Å². The molecule has 0 saturated carbocycles. The van der Waals surface area contributed by atoms with Crippen LogP contribution in [0.1, 0.15) is 28.1 Å². The summed E-state index contributed by atoms with van der Waals surface area (Å²) in [5.74, 6) is 0.311. The van der Waals surface area contributed by atoms with E-state index in [4.69, 9.17) is 21.1 Å². The van der Waals surface area contributed by atoms with Crippen LogP contribution >= 0.6 is 34.7 Å². The number of hydrogen-bond acceptors (Lipinski definition) is 8. The minimum absolute atomic E-state index is 0.0141. The van der Waals surface area contributed by atoms with Gasteiger partial charge in [0, 0.05) is 25.9 Å². The van der Waals surface area contributed by atoms with Crippen molar-refractivity contribution >= 4 is 63.6 Å². The van der Waals surface area contributed by atoms with E-state index in [0.717, 1.165) is 16.7 Å². The Bertz CT molecular complexity index is 1130. The van der Waals surface area contributed by atoms with Crippen molar-refractivity contribution in [3.63, 3.8) is 0 Å². The van der Waals surface area contributed by atoms with E-state index < -0.39 is 11.1 Å². The first-order chi connectivity index (χ1) is 15.4. The van der Waals surface area contributed by atoms with Gasteiger partial charge < -0.3 is 14.8 Å². The van der Waals surface area contributed by atoms with Gasteiger partial charge in [-0.1, -0.05) is 17.7 Å². The van der Waals surface area contributed by atoms with Crippen LogP contribution < -0.4 is 14.8 Å². The molecule has 166 valence electrons. The highest BCUT2D eigenvalue weighted by Crippen LogP contribution is 2.36. The summed E-state index contributed by atoms with van der Waals surface area (Å²) in [5.41, 5.74) is 0.713. The molecule has 0 bridgehead atoms. The number of rotatable bonds is 8. The fourth-order valence-corrected chi connectivity index (χ4v) is 4.93. The van der Waals surface area contributed by atoms with Crippen LogP contribution in [0, 0.1) is 0 Å². The summed E-state index contributed by atoms with van der Waals surface area (Å²) in [6.45, 7) is 0.300. The van der Waals surface area contributed by atoms with Gasteiger partial charge in [0.15, 0.2) is 17.3 Å². The van der Waals surface area contributed by atoms with E-state index in [1.807, 2.05) is 0 Å². The van der Waals surface area contributed by atoms with Crippen LogP contribution in [0.15, 0.2) is 35.2 Å². The van der Waals surface area contributed by atoms with Crippen LogP contribution in [0.4, 0.5) is 4.79 Å². The second-order valence-corrected chi connectivity index (χ2v) is 9.53. The lowest BCUT2D eigenvalue weighted by molar-refractivity contribution is -0.124. The highest BCUT2D eigenvalue weighted by Gasteiger charge is 2.34. The van der Waals surface area contributed by atoms with Gasteiger partial charge in [0.05, 0.1) is 14.1 Å². The molecule has 1 N–H and O–H groups in total. The number of Topliss-reactive ketones (excluding diaryl/α,β-unsaturated/α-hetero) is 1. The van der Waals surface area contributed by atoms with Crippen molar-refractivity contribution in [2.24, 2.45) is 0 Å². The van der Waals surface area contributed by atoms with E-state index in [1.165, 1.54) is 11.3 Å². The fraction of sp³-hybridized carbons (Fsp3) is 0.238. The molecule has 3 amide bonds. The Kier molecular flexibility index (Phi) is 6.83. The van der Waals surface area contributed by atoms with Gasteiger partial charge in [-0.15, -0.1) is 11.3 Å². The molecule has 32 heavy (non-hydrogen) atoms. The molecule has 1 saturated heterocycles. The van der Waals surface area contributed by atoms with Crippen LogP contribution in [0.5, 0.6) is 11.5 Å². The molecule has 2 aliphatic rings. The molecule has 2 aromatic rings. The lowest BCUT2D eigenvalue weighted by atomic mass is 10.2. The summed E-state index contributed by atoms with van der Waals surface area (Å²) < 4.78 is 11.1. The van der Waals surface area contributed by atoms with Crippen molar-refractivity contribution in [1.29, 1.82) is 0 Å². The van der Waals surface area contributed by atoms with Gasteiger partial charge in [-0.05, 0) is 47.7 Å². The number of ketones is 1. The number of benzene rings is 1. The Morgan fingerprint density at radius 3 is 2.72 bits per heavy atom. The van der Waals surface area contributed by atoms with Crippen molar-refractivity contribution in [3.05, 3.63) is 50.0 Å². The van der Waals surface area contributed by atoms with Gasteiger partial charge in [0.25, 0.3) is 11.1 Å². The quantitative estimate of drug-likeness (QED) is 0.439. The number of ether oxygens (including phenoxy) is 2. The average Bonchev–Trinajstić information content (AvgIpc) is 3.47. The maximum Gasteiger partial charge on any atom is 0.293 e. The first-order valence-corrected chi connectivity index (χ1v) is 11.6. The van der Waals surface area contributed by atoms with Crippen molar-refractivity contribution in [2.75, 3.05) is 19.9 Å². The van der Waals surface area contributed by atoms with E-state index in [-0.39, 0.29) is 44.4 Å². The first kappa shape index (κ1) is 22.4. The van der Waals surface area contributed by atoms with E-state index in [1.54, 1.807) is 36.4 Å². The van der Waals surface area contributed by atoms with Crippen LogP contribution in [0.2, 0.25) is 4.34 Å². The summed E-state index contributed by atoms with van der Waals surface area (Å²) in [6.07, 6.45) is 1.69. The number of fused-ring (bicyclic) bond motifs is 1. The Balaban J connectivity index is 1.25. The lowest BCUT2D eigenvalue weighted by Gasteiger charge is -2.12. The topological polar surface area (TPSA) is 102 Å². The molecule has 0 spiro atoms. The zero-order valence-electron chi connectivity index (χ0n) is 16.6. The predicted molar refractivity (Wildman–Crippen MR) is 121 cm³/mol. The summed E-state index contributed by atoms with van der Waals surface area (Å²) in [6, 6.07) is 8.52. The molecule has 3 heterocycles. The van der Waals surface area contributed by atoms with E-state index in [0.29, 0.717) is 31.2 Å². The summed E-state index contributed by atoms with van der Waals surface area (Å²) >= 11 is 7.82. The maximum absolute atomic E-state index is 12.6. The number of nitrogens with one attached hydrogen (secondary N) is 1. The molecular weight excluding hydrogens is 476 g/mol. The van der Waals surface area contributed by atoms with Crippen molar-refractivity contribution in [2.45, 2.75) is 12.8 Å². The maximum atomic E-state index is 12.6. The molecule has 1 aromatic carbocycles. The number of hydrogen-bond donors (Lipinski definition) is 1. The summed E-state index contributed by atoms with van der Waals surface area (Å²) in [5, 5.41) is 2.23. The average molecular weight is 493 g/mol. The third-order valence-electron chi connectivity index (χ3n) is 4.65. The predicted octanol–water partition coefficient (Wildman–Crippen LogP) is 3.95. The highest BCUT2D eigenvalue weighted by molar-refractivity contribution is 8.18. The number of thioether (sulfide) groups is 1. The summed E-state index contributed by atoms with van der Waals surface area (Å²) in [7, 11) is 0. The number of halogens is 1.